The number of hydrogen-bond acceptors (Lipinski definition) is 1. The Hall–Kier alpha value is -1.83. The zero-order valence-corrected chi connectivity index (χ0v) is 20.3. The molecule has 0 bridgehead atoms. The van der Waals surface area contributed by atoms with Gasteiger partial charge in [0.25, 0.3) is 0 Å². The maximum Gasteiger partial charge on any atom is 1.00 e. The van der Waals surface area contributed by atoms with Gasteiger partial charge in [0.1, 0.15) is 0 Å². The van der Waals surface area contributed by atoms with Crippen LogP contribution in [0.1, 0.15) is 48.1 Å². The first kappa shape index (κ1) is 22.4. The third kappa shape index (κ3) is 3.16. The Morgan fingerprint density at radius 2 is 1.71 bits per heavy atom. The van der Waals surface area contributed by atoms with Gasteiger partial charge in [0.2, 0.25) is 0 Å². The minimum Gasteiger partial charge on any atom is -0.845 e. The summed E-state index contributed by atoms with van der Waals surface area (Å²) >= 11 is 0. The molecule has 3 aromatic carbocycles. The Morgan fingerprint density at radius 1 is 1.00 bits per heavy atom. The second kappa shape index (κ2) is 7.94. The van der Waals surface area contributed by atoms with Crippen LogP contribution in [0.5, 0.6) is 0 Å². The third-order valence-electron chi connectivity index (χ3n) is 7.69. The van der Waals surface area contributed by atoms with Crippen molar-refractivity contribution in [2.45, 2.75) is 44.1 Å². The molecule has 0 spiro atoms. The molecule has 3 unspecified atom stereocenters. The predicted molar refractivity (Wildman–Crippen MR) is 129 cm³/mol. The Morgan fingerprint density at radius 3 is 2.48 bits per heavy atom. The Balaban J connectivity index is 0.00000231. The van der Waals surface area contributed by atoms with Gasteiger partial charge in [0.15, 0.2) is 0 Å². The molecule has 0 heterocycles. The van der Waals surface area contributed by atoms with E-state index in [0.29, 0.717) is 5.92 Å². The zero-order valence-electron chi connectivity index (χ0n) is 19.3. The zero-order chi connectivity index (χ0) is 21.1. The van der Waals surface area contributed by atoms with E-state index in [4.69, 9.17) is 0 Å². The van der Waals surface area contributed by atoms with Gasteiger partial charge in [-0.1, -0.05) is 111 Å². The van der Waals surface area contributed by atoms with Crippen LogP contribution < -0.4 is 24.0 Å². The molecule has 0 fully saturated rings. The van der Waals surface area contributed by atoms with Crippen LogP contribution >= 0.6 is 0 Å². The van der Waals surface area contributed by atoms with Gasteiger partial charge >= 0.3 is 18.9 Å². The second-order valence-electron chi connectivity index (χ2n) is 9.53. The van der Waals surface area contributed by atoms with E-state index in [0.717, 1.165) is 17.5 Å². The third-order valence-corrected chi connectivity index (χ3v) is 12.1. The van der Waals surface area contributed by atoms with Gasteiger partial charge in [0.05, 0.1) is 8.07 Å². The maximum atomic E-state index is 14.7. The molecule has 3 heteroatoms. The molecule has 5 rings (SSSR count). The second-order valence-corrected chi connectivity index (χ2v) is 14.3. The van der Waals surface area contributed by atoms with Gasteiger partial charge in [-0.3, -0.25) is 0 Å². The van der Waals surface area contributed by atoms with E-state index in [-0.39, 0.29) is 24.4 Å². The topological polar surface area (TPSA) is 23.1 Å². The summed E-state index contributed by atoms with van der Waals surface area (Å²) in [7, 11) is -2.37. The van der Waals surface area contributed by atoms with Crippen molar-refractivity contribution in [1.82, 2.24) is 0 Å². The number of benzene rings is 3. The first-order chi connectivity index (χ1) is 14.4. The summed E-state index contributed by atoms with van der Waals surface area (Å²) in [6.45, 7) is 9.15. The number of allylic oxidation sites excluding steroid dienone is 2. The summed E-state index contributed by atoms with van der Waals surface area (Å²) in [6.07, 6.45) is 7.65. The Kier molecular flexibility index (Phi) is 5.73. The summed E-state index contributed by atoms with van der Waals surface area (Å²) in [5, 5.41) is 15.9. The molecule has 31 heavy (non-hydrogen) atoms. The number of hydrogen-bond donors (Lipinski definition) is 0. The fourth-order valence-corrected chi connectivity index (χ4v) is 9.03. The molecule has 1 nitrogen and oxygen atoms in total. The number of fused-ring (bicyclic) bond motifs is 4. The summed E-state index contributed by atoms with van der Waals surface area (Å²) in [5.74, 6) is 0.513. The van der Waals surface area contributed by atoms with E-state index in [9.17, 15) is 5.11 Å². The van der Waals surface area contributed by atoms with Gasteiger partial charge in [-0.15, -0.1) is 0 Å². The van der Waals surface area contributed by atoms with Crippen molar-refractivity contribution >= 4 is 30.5 Å². The predicted octanol–water partition coefficient (Wildman–Crippen LogP) is 3.44. The molecule has 0 N–H and O–H groups in total. The Bertz CT molecular complexity index is 1210. The van der Waals surface area contributed by atoms with Crippen molar-refractivity contribution < 1.29 is 24.0 Å². The standard InChI is InChI=1S/C28H29OSi.Li/c1-5-19(2)25-18-27(24-13-9-8-12-22(24)25)30(3,4)28(29)17-16-23-21-11-7-6-10-20(21)14-15-26(23)28;/h6-19,27H,5H2,1-4H3;/q-1;+1. The average Bonchev–Trinajstić information content (AvgIpc) is 3.33. The first-order valence-corrected chi connectivity index (χ1v) is 14.2. The monoisotopic (exact) mass is 416 g/mol. The summed E-state index contributed by atoms with van der Waals surface area (Å²) in [6, 6.07) is 21.4. The van der Waals surface area contributed by atoms with E-state index >= 15 is 0 Å². The van der Waals surface area contributed by atoms with Gasteiger partial charge in [-0.25, -0.2) is 0 Å². The van der Waals surface area contributed by atoms with Crippen LogP contribution in [0.4, 0.5) is 0 Å². The van der Waals surface area contributed by atoms with Crippen molar-refractivity contribution in [3.05, 3.63) is 95.1 Å². The van der Waals surface area contributed by atoms with Gasteiger partial charge in [-0.2, -0.15) is 0 Å². The fourth-order valence-electron chi connectivity index (χ4n) is 5.52. The van der Waals surface area contributed by atoms with Crippen LogP contribution in [0, 0.1) is 5.92 Å². The summed E-state index contributed by atoms with van der Waals surface area (Å²) in [5.41, 5.74) is 6.49. The Labute approximate surface area is 199 Å². The molecular weight excluding hydrogens is 387 g/mol. The number of rotatable bonds is 4. The van der Waals surface area contributed by atoms with E-state index in [1.54, 1.807) is 0 Å². The molecule has 152 valence electrons. The van der Waals surface area contributed by atoms with E-state index in [1.165, 1.54) is 27.5 Å². The van der Waals surface area contributed by atoms with Gasteiger partial charge in [0, 0.05) is 0 Å². The molecule has 3 atom stereocenters. The fraction of sp³-hybridized carbons (Fsp3) is 0.286. The quantitative estimate of drug-likeness (QED) is 0.598. The molecule has 0 radical (unpaired) electrons. The molecule has 0 amide bonds. The van der Waals surface area contributed by atoms with Crippen molar-refractivity contribution in [2.75, 3.05) is 0 Å². The first-order valence-electron chi connectivity index (χ1n) is 11.1. The van der Waals surface area contributed by atoms with Crippen LogP contribution in [0.15, 0.2) is 72.8 Å². The van der Waals surface area contributed by atoms with Crippen LogP contribution in [0.3, 0.4) is 0 Å². The molecule has 0 aliphatic heterocycles. The van der Waals surface area contributed by atoms with Crippen LogP contribution in [-0.4, -0.2) is 8.07 Å². The summed E-state index contributed by atoms with van der Waals surface area (Å²) in [4.78, 5) is 0. The molecule has 3 aromatic rings. The molecule has 2 aliphatic rings. The largest absolute Gasteiger partial charge is 1.00 e. The van der Waals surface area contributed by atoms with Gasteiger partial charge < -0.3 is 5.11 Å². The van der Waals surface area contributed by atoms with E-state index < -0.39 is 13.3 Å². The summed E-state index contributed by atoms with van der Waals surface area (Å²) < 4.78 is 0. The molecule has 2 aliphatic carbocycles. The van der Waals surface area contributed by atoms with Gasteiger partial charge in [-0.05, 0) is 56.5 Å². The molecule has 0 saturated heterocycles. The van der Waals surface area contributed by atoms with Crippen LogP contribution in [0.25, 0.3) is 22.4 Å². The SMILES string of the molecule is CCC(C)C1=CC([Si](C)(C)C2([O-])C=Cc3c2ccc2ccccc32)c2ccccc21.[Li+]. The smallest absolute Gasteiger partial charge is 0.845 e. The van der Waals surface area contributed by atoms with Crippen molar-refractivity contribution in [3.8, 4) is 0 Å². The van der Waals surface area contributed by atoms with Crippen LogP contribution in [-0.2, 0) is 5.22 Å². The van der Waals surface area contributed by atoms with Crippen molar-refractivity contribution in [2.24, 2.45) is 5.92 Å². The molecular formula is C28H29LiOSi. The van der Waals surface area contributed by atoms with E-state index in [1.807, 2.05) is 6.08 Å². The van der Waals surface area contributed by atoms with E-state index in [2.05, 4.69) is 99.8 Å². The van der Waals surface area contributed by atoms with Crippen LogP contribution in [0.2, 0.25) is 13.1 Å². The maximum absolute atomic E-state index is 14.7. The molecule has 0 saturated carbocycles. The average molecular weight is 417 g/mol. The molecule has 0 aromatic heterocycles. The minimum atomic E-state index is -2.37. The minimum absolute atomic E-state index is 0. The van der Waals surface area contributed by atoms with Crippen molar-refractivity contribution in [1.29, 1.82) is 0 Å². The van der Waals surface area contributed by atoms with Crippen molar-refractivity contribution in [3.63, 3.8) is 0 Å². The normalized spacial score (nSPS) is 22.6.